The monoisotopic (exact) mass is 400 g/mol. The first-order valence-electron chi connectivity index (χ1n) is 8.96. The number of ether oxygens (including phenoxy) is 3. The highest BCUT2D eigenvalue weighted by Crippen LogP contribution is 2.28. The molecule has 0 radical (unpaired) electrons. The second kappa shape index (κ2) is 10.7. The Balaban J connectivity index is 2.06. The summed E-state index contributed by atoms with van der Waals surface area (Å²) in [6, 6.07) is 13.2. The Hall–Kier alpha value is -3.55. The van der Waals surface area contributed by atoms with Gasteiger partial charge in [0.15, 0.2) is 11.5 Å². The highest BCUT2D eigenvalue weighted by Gasteiger charge is 2.26. The van der Waals surface area contributed by atoms with Crippen molar-refractivity contribution in [3.63, 3.8) is 0 Å². The summed E-state index contributed by atoms with van der Waals surface area (Å²) in [5.41, 5.74) is 1.32. The van der Waals surface area contributed by atoms with Gasteiger partial charge in [-0.15, -0.1) is 0 Å². The second-order valence-electron chi connectivity index (χ2n) is 6.04. The van der Waals surface area contributed by atoms with Crippen molar-refractivity contribution in [2.24, 2.45) is 0 Å². The Morgan fingerprint density at radius 3 is 2.28 bits per heavy atom. The highest BCUT2D eigenvalue weighted by molar-refractivity contribution is 5.97. The van der Waals surface area contributed by atoms with Crippen molar-refractivity contribution in [1.29, 1.82) is 0 Å². The van der Waals surface area contributed by atoms with Crippen LogP contribution in [0.5, 0.6) is 11.5 Å². The van der Waals surface area contributed by atoms with Crippen LogP contribution in [-0.2, 0) is 20.7 Å². The van der Waals surface area contributed by atoms with Crippen LogP contribution in [0.3, 0.4) is 0 Å². The molecule has 0 spiro atoms. The number of carbonyl (C=O) groups is 3. The van der Waals surface area contributed by atoms with Gasteiger partial charge in [-0.25, -0.2) is 4.79 Å². The van der Waals surface area contributed by atoms with Crippen LogP contribution < -0.4 is 20.1 Å². The Morgan fingerprint density at radius 2 is 1.66 bits per heavy atom. The standard InChI is InChI=1S/C21H24N2O6/c1-22-21(26)23-20(25)19(15-7-5-4-6-8-15)29-18(24)12-10-14-9-11-16(27-2)17(13-14)28-3/h4-9,11,13,19H,10,12H2,1-3H3,(H2,22,23,25,26)/t19-/m1/s1. The number of amides is 3. The number of nitrogens with one attached hydrogen (secondary N) is 2. The van der Waals surface area contributed by atoms with Crippen LogP contribution in [-0.4, -0.2) is 39.2 Å². The van der Waals surface area contributed by atoms with Crippen LogP contribution in [0.4, 0.5) is 4.79 Å². The summed E-state index contributed by atoms with van der Waals surface area (Å²) in [6.07, 6.45) is -0.796. The quantitative estimate of drug-likeness (QED) is 0.660. The van der Waals surface area contributed by atoms with Gasteiger partial charge >= 0.3 is 12.0 Å². The van der Waals surface area contributed by atoms with Crippen LogP contribution in [0.25, 0.3) is 0 Å². The van der Waals surface area contributed by atoms with E-state index in [4.69, 9.17) is 14.2 Å². The number of methoxy groups -OCH3 is 2. The molecule has 0 aromatic heterocycles. The molecule has 8 heteroatoms. The molecule has 2 rings (SSSR count). The van der Waals surface area contributed by atoms with Crippen molar-refractivity contribution in [2.75, 3.05) is 21.3 Å². The summed E-state index contributed by atoms with van der Waals surface area (Å²) in [5, 5.41) is 4.43. The Morgan fingerprint density at radius 1 is 0.966 bits per heavy atom. The molecule has 0 aliphatic carbocycles. The molecule has 0 bridgehead atoms. The first kappa shape index (κ1) is 21.7. The highest BCUT2D eigenvalue weighted by atomic mass is 16.5. The fraction of sp³-hybridized carbons (Fsp3) is 0.286. The van der Waals surface area contributed by atoms with Crippen LogP contribution in [0.1, 0.15) is 23.7 Å². The minimum Gasteiger partial charge on any atom is -0.493 e. The number of aryl methyl sites for hydroxylation is 1. The van der Waals surface area contributed by atoms with E-state index < -0.39 is 24.0 Å². The van der Waals surface area contributed by atoms with E-state index in [1.165, 1.54) is 14.2 Å². The molecule has 3 amide bonds. The number of imide groups is 1. The molecule has 8 nitrogen and oxygen atoms in total. The molecule has 0 saturated carbocycles. The van der Waals surface area contributed by atoms with Gasteiger partial charge in [0.25, 0.3) is 5.91 Å². The van der Waals surface area contributed by atoms with Gasteiger partial charge in [-0.1, -0.05) is 36.4 Å². The van der Waals surface area contributed by atoms with E-state index in [1.807, 2.05) is 6.07 Å². The van der Waals surface area contributed by atoms with Crippen molar-refractivity contribution in [1.82, 2.24) is 10.6 Å². The van der Waals surface area contributed by atoms with Crippen molar-refractivity contribution in [3.8, 4) is 11.5 Å². The number of hydrogen-bond donors (Lipinski definition) is 2. The molecule has 2 N–H and O–H groups in total. The zero-order valence-corrected chi connectivity index (χ0v) is 16.6. The Bertz CT molecular complexity index is 854. The van der Waals surface area contributed by atoms with Crippen molar-refractivity contribution in [2.45, 2.75) is 18.9 Å². The predicted octanol–water partition coefficient (Wildman–Crippen LogP) is 2.38. The SMILES string of the molecule is CNC(=O)NC(=O)[C@H](OC(=O)CCc1ccc(OC)c(OC)c1)c1ccccc1. The van der Waals surface area contributed by atoms with Gasteiger partial charge < -0.3 is 19.5 Å². The third-order valence-electron chi connectivity index (χ3n) is 4.12. The van der Waals surface area contributed by atoms with Crippen LogP contribution in [0.15, 0.2) is 48.5 Å². The van der Waals surface area contributed by atoms with E-state index in [9.17, 15) is 14.4 Å². The molecule has 0 unspecified atom stereocenters. The summed E-state index contributed by atoms with van der Waals surface area (Å²) in [5.74, 6) is -0.143. The smallest absolute Gasteiger partial charge is 0.321 e. The maximum absolute atomic E-state index is 12.4. The molecule has 2 aromatic rings. The molecule has 29 heavy (non-hydrogen) atoms. The summed E-state index contributed by atoms with van der Waals surface area (Å²) in [7, 11) is 4.46. The van der Waals surface area contributed by atoms with Crippen LogP contribution in [0, 0.1) is 0 Å². The minimum atomic E-state index is -1.23. The number of hydrogen-bond acceptors (Lipinski definition) is 6. The number of urea groups is 1. The topological polar surface area (TPSA) is 103 Å². The first-order chi connectivity index (χ1) is 14.0. The van der Waals surface area contributed by atoms with Crippen LogP contribution >= 0.6 is 0 Å². The van der Waals surface area contributed by atoms with Crippen molar-refractivity contribution in [3.05, 3.63) is 59.7 Å². The minimum absolute atomic E-state index is 0.0477. The zero-order valence-electron chi connectivity index (χ0n) is 16.6. The lowest BCUT2D eigenvalue weighted by Gasteiger charge is -2.17. The largest absolute Gasteiger partial charge is 0.493 e. The lowest BCUT2D eigenvalue weighted by molar-refractivity contribution is -0.156. The molecule has 2 aromatic carbocycles. The van der Waals surface area contributed by atoms with Gasteiger partial charge in [-0.2, -0.15) is 0 Å². The van der Waals surface area contributed by atoms with Gasteiger partial charge in [-0.05, 0) is 24.1 Å². The maximum Gasteiger partial charge on any atom is 0.321 e. The molecule has 0 aliphatic rings. The maximum atomic E-state index is 12.4. The average Bonchev–Trinajstić information content (AvgIpc) is 2.76. The molecule has 0 heterocycles. The van der Waals surface area contributed by atoms with Gasteiger partial charge in [0.2, 0.25) is 6.10 Å². The van der Waals surface area contributed by atoms with E-state index >= 15 is 0 Å². The lowest BCUT2D eigenvalue weighted by atomic mass is 10.1. The summed E-state index contributed by atoms with van der Waals surface area (Å²) in [6.45, 7) is 0. The number of benzene rings is 2. The van der Waals surface area contributed by atoms with Gasteiger partial charge in [-0.3, -0.25) is 14.9 Å². The summed E-state index contributed by atoms with van der Waals surface area (Å²) in [4.78, 5) is 36.2. The van der Waals surface area contributed by atoms with Gasteiger partial charge in [0.05, 0.1) is 14.2 Å². The fourth-order valence-electron chi connectivity index (χ4n) is 2.61. The zero-order chi connectivity index (χ0) is 21.2. The molecule has 0 saturated heterocycles. The third kappa shape index (κ3) is 6.24. The summed E-state index contributed by atoms with van der Waals surface area (Å²) < 4.78 is 15.8. The summed E-state index contributed by atoms with van der Waals surface area (Å²) >= 11 is 0. The van der Waals surface area contributed by atoms with E-state index in [-0.39, 0.29) is 6.42 Å². The molecule has 0 aliphatic heterocycles. The van der Waals surface area contributed by atoms with Crippen molar-refractivity contribution < 1.29 is 28.6 Å². The van der Waals surface area contributed by atoms with Crippen molar-refractivity contribution >= 4 is 17.9 Å². The molecular formula is C21H24N2O6. The van der Waals surface area contributed by atoms with E-state index in [0.717, 1.165) is 5.56 Å². The fourth-order valence-corrected chi connectivity index (χ4v) is 2.61. The number of rotatable bonds is 8. The first-order valence-corrected chi connectivity index (χ1v) is 8.96. The van der Waals surface area contributed by atoms with Gasteiger partial charge in [0.1, 0.15) is 0 Å². The van der Waals surface area contributed by atoms with Crippen LogP contribution in [0.2, 0.25) is 0 Å². The normalized spacial score (nSPS) is 11.1. The molecular weight excluding hydrogens is 376 g/mol. The molecule has 154 valence electrons. The van der Waals surface area contributed by atoms with E-state index in [1.54, 1.807) is 49.6 Å². The lowest BCUT2D eigenvalue weighted by Crippen LogP contribution is -2.41. The Labute approximate surface area is 169 Å². The Kier molecular flexibility index (Phi) is 8.02. The predicted molar refractivity (Wildman–Crippen MR) is 106 cm³/mol. The third-order valence-corrected chi connectivity index (χ3v) is 4.12. The van der Waals surface area contributed by atoms with Gasteiger partial charge in [0, 0.05) is 19.0 Å². The number of esters is 1. The van der Waals surface area contributed by atoms with E-state index in [2.05, 4.69) is 10.6 Å². The molecule has 0 fully saturated rings. The number of carbonyl (C=O) groups excluding carboxylic acids is 3. The average molecular weight is 400 g/mol. The van der Waals surface area contributed by atoms with E-state index in [0.29, 0.717) is 23.5 Å². The molecule has 1 atom stereocenters. The second-order valence-corrected chi connectivity index (χ2v) is 6.04.